The van der Waals surface area contributed by atoms with E-state index in [0.29, 0.717) is 31.7 Å². The molecule has 19 heavy (non-hydrogen) atoms. The Labute approximate surface area is 113 Å². The van der Waals surface area contributed by atoms with Crippen LogP contribution in [0.1, 0.15) is 39.0 Å². The van der Waals surface area contributed by atoms with Crippen molar-refractivity contribution in [2.45, 2.75) is 39.0 Å². The van der Waals surface area contributed by atoms with Crippen LogP contribution in [-0.2, 0) is 9.59 Å². The molecule has 0 aromatic rings. The molecule has 1 saturated carbocycles. The monoisotopic (exact) mass is 263 g/mol. The molecule has 0 bridgehead atoms. The summed E-state index contributed by atoms with van der Waals surface area (Å²) in [5.41, 5.74) is -0.837. The van der Waals surface area contributed by atoms with Gasteiger partial charge in [-0.05, 0) is 31.6 Å². The molecule has 1 aliphatic heterocycles. The van der Waals surface area contributed by atoms with Crippen molar-refractivity contribution in [1.82, 2.24) is 10.2 Å². The molecule has 2 rings (SSSR count). The number of hydrogen-bond donors (Lipinski definition) is 1. The zero-order chi connectivity index (χ0) is 13.9. The summed E-state index contributed by atoms with van der Waals surface area (Å²) >= 11 is 0. The second-order valence-electron chi connectivity index (χ2n) is 5.80. The summed E-state index contributed by atoms with van der Waals surface area (Å²) in [5.74, 6) is 0.338. The minimum absolute atomic E-state index is 0.103. The second kappa shape index (κ2) is 5.60. The lowest BCUT2D eigenvalue weighted by Crippen LogP contribution is -2.48. The fraction of sp³-hybridized carbons (Fsp3) is 0.786. The Morgan fingerprint density at radius 1 is 1.37 bits per heavy atom. The van der Waals surface area contributed by atoms with Crippen molar-refractivity contribution in [3.8, 4) is 6.07 Å². The number of amides is 2. The van der Waals surface area contributed by atoms with Gasteiger partial charge in [-0.15, -0.1) is 0 Å². The predicted molar refractivity (Wildman–Crippen MR) is 69.9 cm³/mol. The molecule has 2 amide bonds. The molecular weight excluding hydrogens is 242 g/mol. The van der Waals surface area contributed by atoms with Gasteiger partial charge in [0.15, 0.2) is 0 Å². The average Bonchev–Trinajstić information content (AvgIpc) is 2.88. The van der Waals surface area contributed by atoms with E-state index in [1.165, 1.54) is 0 Å². The third kappa shape index (κ3) is 2.89. The Bertz CT molecular complexity index is 401. The van der Waals surface area contributed by atoms with Crippen molar-refractivity contribution in [2.75, 3.05) is 19.6 Å². The van der Waals surface area contributed by atoms with Gasteiger partial charge in [0.05, 0.1) is 6.07 Å². The molecule has 1 heterocycles. The van der Waals surface area contributed by atoms with Gasteiger partial charge in [-0.3, -0.25) is 9.59 Å². The lowest BCUT2D eigenvalue weighted by molar-refractivity contribution is -0.134. The summed E-state index contributed by atoms with van der Waals surface area (Å²) in [4.78, 5) is 25.6. The fourth-order valence-corrected chi connectivity index (χ4v) is 3.03. The van der Waals surface area contributed by atoms with Crippen molar-refractivity contribution in [3.63, 3.8) is 0 Å². The van der Waals surface area contributed by atoms with Gasteiger partial charge >= 0.3 is 0 Å². The molecule has 0 unspecified atom stereocenters. The SMILES string of the molecule is CC1CC(C#N)(C(=O)NCCC(=O)N2CCCC2)C1. The fourth-order valence-electron chi connectivity index (χ4n) is 3.03. The number of rotatable bonds is 4. The molecular formula is C14H21N3O2. The van der Waals surface area contributed by atoms with Crippen molar-refractivity contribution < 1.29 is 9.59 Å². The van der Waals surface area contributed by atoms with Crippen LogP contribution in [0.3, 0.4) is 0 Å². The molecule has 2 aliphatic rings. The lowest BCUT2D eigenvalue weighted by Gasteiger charge is -2.39. The van der Waals surface area contributed by atoms with Crippen molar-refractivity contribution in [1.29, 1.82) is 5.26 Å². The zero-order valence-corrected chi connectivity index (χ0v) is 11.4. The molecule has 1 saturated heterocycles. The third-order valence-corrected chi connectivity index (χ3v) is 4.13. The summed E-state index contributed by atoms with van der Waals surface area (Å²) in [5, 5.41) is 11.9. The largest absolute Gasteiger partial charge is 0.354 e. The molecule has 0 atom stereocenters. The van der Waals surface area contributed by atoms with Crippen LogP contribution < -0.4 is 5.32 Å². The highest BCUT2D eigenvalue weighted by Gasteiger charge is 2.48. The quantitative estimate of drug-likeness (QED) is 0.824. The number of nitrogens with zero attached hydrogens (tertiary/aromatic N) is 2. The minimum atomic E-state index is -0.837. The molecule has 0 aromatic carbocycles. The maximum absolute atomic E-state index is 12.0. The molecule has 0 spiro atoms. The van der Waals surface area contributed by atoms with E-state index in [2.05, 4.69) is 11.4 Å². The van der Waals surface area contributed by atoms with E-state index in [9.17, 15) is 9.59 Å². The molecule has 0 aromatic heterocycles. The molecule has 5 heteroatoms. The minimum Gasteiger partial charge on any atom is -0.354 e. The number of carbonyl (C=O) groups is 2. The predicted octanol–water partition coefficient (Wildman–Crippen LogP) is 1.05. The zero-order valence-electron chi connectivity index (χ0n) is 11.4. The second-order valence-corrected chi connectivity index (χ2v) is 5.80. The topological polar surface area (TPSA) is 73.2 Å². The number of nitrogens with one attached hydrogen (secondary N) is 1. The summed E-state index contributed by atoms with van der Waals surface area (Å²) < 4.78 is 0. The Morgan fingerprint density at radius 3 is 2.53 bits per heavy atom. The first kappa shape index (κ1) is 13.9. The molecule has 0 radical (unpaired) electrons. The van der Waals surface area contributed by atoms with Crippen LogP contribution in [0.2, 0.25) is 0 Å². The van der Waals surface area contributed by atoms with Crippen molar-refractivity contribution in [2.24, 2.45) is 11.3 Å². The van der Waals surface area contributed by atoms with E-state index in [4.69, 9.17) is 5.26 Å². The summed E-state index contributed by atoms with van der Waals surface area (Å²) in [6.07, 6.45) is 3.76. The van der Waals surface area contributed by atoms with E-state index in [-0.39, 0.29) is 11.8 Å². The van der Waals surface area contributed by atoms with Gasteiger partial charge < -0.3 is 10.2 Å². The molecule has 2 fully saturated rings. The van der Waals surface area contributed by atoms with E-state index in [1.54, 1.807) is 0 Å². The average molecular weight is 263 g/mol. The van der Waals surface area contributed by atoms with E-state index in [0.717, 1.165) is 25.9 Å². The van der Waals surface area contributed by atoms with Crippen LogP contribution in [0.5, 0.6) is 0 Å². The summed E-state index contributed by atoms with van der Waals surface area (Å²) in [6, 6.07) is 2.13. The Balaban J connectivity index is 1.72. The normalized spacial score (nSPS) is 29.5. The van der Waals surface area contributed by atoms with Gasteiger partial charge in [0.25, 0.3) is 0 Å². The van der Waals surface area contributed by atoms with Gasteiger partial charge in [-0.1, -0.05) is 6.92 Å². The molecule has 1 N–H and O–H groups in total. The van der Waals surface area contributed by atoms with Gasteiger partial charge in [0.1, 0.15) is 5.41 Å². The Hall–Kier alpha value is -1.57. The van der Waals surface area contributed by atoms with Gasteiger partial charge in [-0.2, -0.15) is 5.26 Å². The molecule has 5 nitrogen and oxygen atoms in total. The van der Waals surface area contributed by atoms with Crippen molar-refractivity contribution >= 4 is 11.8 Å². The number of hydrogen-bond acceptors (Lipinski definition) is 3. The van der Waals surface area contributed by atoms with E-state index >= 15 is 0 Å². The maximum atomic E-state index is 12.0. The van der Waals surface area contributed by atoms with Crippen LogP contribution in [0.15, 0.2) is 0 Å². The number of nitriles is 1. The van der Waals surface area contributed by atoms with Crippen LogP contribution in [-0.4, -0.2) is 36.3 Å². The summed E-state index contributed by atoms with van der Waals surface area (Å²) in [6.45, 7) is 4.06. The van der Waals surface area contributed by atoms with Gasteiger partial charge in [-0.25, -0.2) is 0 Å². The first-order valence-corrected chi connectivity index (χ1v) is 7.05. The highest BCUT2D eigenvalue weighted by molar-refractivity contribution is 5.87. The standard InChI is InChI=1S/C14H21N3O2/c1-11-8-14(9-11,10-15)13(19)16-5-4-12(18)17-6-2-3-7-17/h11H,2-9H2,1H3,(H,16,19). The first-order chi connectivity index (χ1) is 9.07. The smallest absolute Gasteiger partial charge is 0.240 e. The van der Waals surface area contributed by atoms with E-state index < -0.39 is 5.41 Å². The van der Waals surface area contributed by atoms with Gasteiger partial charge in [0, 0.05) is 26.1 Å². The first-order valence-electron chi connectivity index (χ1n) is 7.05. The van der Waals surface area contributed by atoms with Crippen LogP contribution in [0.4, 0.5) is 0 Å². The van der Waals surface area contributed by atoms with Crippen LogP contribution in [0, 0.1) is 22.7 Å². The highest BCUT2D eigenvalue weighted by atomic mass is 16.2. The number of carbonyl (C=O) groups excluding carboxylic acids is 2. The van der Waals surface area contributed by atoms with Crippen molar-refractivity contribution in [3.05, 3.63) is 0 Å². The number of likely N-dealkylation sites (tertiary alicyclic amines) is 1. The third-order valence-electron chi connectivity index (χ3n) is 4.13. The Kier molecular flexibility index (Phi) is 4.08. The van der Waals surface area contributed by atoms with Crippen LogP contribution >= 0.6 is 0 Å². The Morgan fingerprint density at radius 2 is 2.00 bits per heavy atom. The molecule has 1 aliphatic carbocycles. The molecule has 104 valence electrons. The van der Waals surface area contributed by atoms with Crippen LogP contribution in [0.25, 0.3) is 0 Å². The maximum Gasteiger partial charge on any atom is 0.240 e. The van der Waals surface area contributed by atoms with Gasteiger partial charge in [0.2, 0.25) is 11.8 Å². The summed E-state index contributed by atoms with van der Waals surface area (Å²) in [7, 11) is 0. The van der Waals surface area contributed by atoms with E-state index in [1.807, 2.05) is 11.8 Å². The lowest BCUT2D eigenvalue weighted by atomic mass is 9.63. The highest BCUT2D eigenvalue weighted by Crippen LogP contribution is 2.44.